The second-order valence-corrected chi connectivity index (χ2v) is 8.93. The molecule has 0 saturated heterocycles. The van der Waals surface area contributed by atoms with Crippen molar-refractivity contribution in [2.75, 3.05) is 6.61 Å². The van der Waals surface area contributed by atoms with Crippen LogP contribution in [-0.4, -0.2) is 41.4 Å². The van der Waals surface area contributed by atoms with Gasteiger partial charge in [-0.3, -0.25) is 0 Å². The Labute approximate surface area is 199 Å². The van der Waals surface area contributed by atoms with Gasteiger partial charge in [0.2, 0.25) is 0 Å². The minimum Gasteiger partial charge on any atom is -0.394 e. The van der Waals surface area contributed by atoms with Crippen molar-refractivity contribution in [1.82, 2.24) is 24.5 Å². The molecule has 1 aliphatic rings. The average molecular weight is 456 g/mol. The molecule has 1 aliphatic carbocycles. The van der Waals surface area contributed by atoms with E-state index < -0.39 is 6.10 Å². The first-order valence-electron chi connectivity index (χ1n) is 11.7. The molecule has 0 unspecified atom stereocenters. The number of benzene rings is 2. The van der Waals surface area contributed by atoms with Gasteiger partial charge in [0.1, 0.15) is 11.9 Å². The van der Waals surface area contributed by atoms with Crippen molar-refractivity contribution in [3.63, 3.8) is 0 Å². The van der Waals surface area contributed by atoms with Gasteiger partial charge in [0.05, 0.1) is 24.9 Å². The lowest BCUT2D eigenvalue weighted by Crippen LogP contribution is -2.25. The van der Waals surface area contributed by atoms with Crippen LogP contribution in [0.25, 0.3) is 17.2 Å². The van der Waals surface area contributed by atoms with Crippen LogP contribution in [0.4, 0.5) is 0 Å². The molecule has 0 aliphatic heterocycles. The normalized spacial score (nSPS) is 19.7. The molecule has 2 aromatic heterocycles. The quantitative estimate of drug-likeness (QED) is 0.407. The van der Waals surface area contributed by atoms with Crippen LogP contribution in [0.1, 0.15) is 60.8 Å². The molecule has 1 fully saturated rings. The fourth-order valence-electron chi connectivity index (χ4n) is 4.61. The third kappa shape index (κ3) is 4.58. The van der Waals surface area contributed by atoms with Gasteiger partial charge in [-0.15, -0.1) is 5.10 Å². The van der Waals surface area contributed by atoms with E-state index in [0.29, 0.717) is 17.8 Å². The minimum atomic E-state index is -0.692. The lowest BCUT2D eigenvalue weighted by atomic mass is 9.75. The van der Waals surface area contributed by atoms with Gasteiger partial charge in [-0.25, -0.2) is 9.67 Å². The fourth-order valence-corrected chi connectivity index (χ4v) is 4.61. The molecule has 1 saturated carbocycles. The Balaban J connectivity index is 1.22. The zero-order valence-electron chi connectivity index (χ0n) is 19.1. The van der Waals surface area contributed by atoms with E-state index in [-0.39, 0.29) is 12.6 Å². The van der Waals surface area contributed by atoms with E-state index in [0.717, 1.165) is 18.4 Å². The summed E-state index contributed by atoms with van der Waals surface area (Å²) in [6.07, 6.45) is 12.5. The Bertz CT molecular complexity index is 1220. The van der Waals surface area contributed by atoms with Crippen molar-refractivity contribution < 1.29 is 10.2 Å². The molecule has 0 radical (unpaired) electrons. The summed E-state index contributed by atoms with van der Waals surface area (Å²) in [5, 5.41) is 27.7. The molecule has 2 aromatic carbocycles. The van der Waals surface area contributed by atoms with E-state index in [4.69, 9.17) is 0 Å². The zero-order chi connectivity index (χ0) is 23.5. The summed E-state index contributed by atoms with van der Waals surface area (Å²) in [6.45, 7) is 1.60. The third-order valence-electron chi connectivity index (χ3n) is 6.68. The number of aliphatic hydroxyl groups is 2. The van der Waals surface area contributed by atoms with Gasteiger partial charge in [0.15, 0.2) is 0 Å². The molecule has 2 atom stereocenters. The van der Waals surface area contributed by atoms with Crippen LogP contribution in [0.5, 0.6) is 0 Å². The van der Waals surface area contributed by atoms with E-state index in [2.05, 4.69) is 63.8 Å². The molecule has 0 bridgehead atoms. The van der Waals surface area contributed by atoms with Gasteiger partial charge in [0, 0.05) is 18.6 Å². The standard InChI is InChI=1S/C27H29N5O2/c1-19(34)27-28-12-14-31(27)25(18-33)11-4-20-2-5-21(6-3-20)22-7-9-23(10-8-22)24-16-26(17-24)32-15-13-29-30-32/h2-15,19,24-26,33-34H,16-18H2,1H3/b11-4+/t19-,24?,25-,26?/m0/s1. The van der Waals surface area contributed by atoms with Crippen LogP contribution < -0.4 is 0 Å². The van der Waals surface area contributed by atoms with E-state index in [9.17, 15) is 10.2 Å². The van der Waals surface area contributed by atoms with E-state index in [1.807, 2.05) is 23.0 Å². The van der Waals surface area contributed by atoms with Crippen molar-refractivity contribution in [3.05, 3.63) is 96.3 Å². The summed E-state index contributed by atoms with van der Waals surface area (Å²) in [4.78, 5) is 4.19. The number of rotatable bonds is 8. The van der Waals surface area contributed by atoms with Gasteiger partial charge >= 0.3 is 0 Å². The highest BCUT2D eigenvalue weighted by Crippen LogP contribution is 2.44. The molecule has 34 heavy (non-hydrogen) atoms. The highest BCUT2D eigenvalue weighted by molar-refractivity contribution is 5.66. The average Bonchev–Trinajstić information content (AvgIpc) is 3.52. The summed E-state index contributed by atoms with van der Waals surface area (Å²) in [5.74, 6) is 1.12. The lowest BCUT2D eigenvalue weighted by molar-refractivity contribution is 0.175. The van der Waals surface area contributed by atoms with Gasteiger partial charge in [0.25, 0.3) is 0 Å². The maximum absolute atomic E-state index is 9.88. The van der Waals surface area contributed by atoms with Crippen molar-refractivity contribution >= 4 is 6.08 Å². The van der Waals surface area contributed by atoms with Gasteiger partial charge in [-0.05, 0) is 47.9 Å². The Morgan fingerprint density at radius 1 is 1.00 bits per heavy atom. The zero-order valence-corrected chi connectivity index (χ0v) is 19.1. The van der Waals surface area contributed by atoms with Gasteiger partial charge in [-0.1, -0.05) is 65.9 Å². The summed E-state index contributed by atoms with van der Waals surface area (Å²) >= 11 is 0. The first-order valence-corrected chi connectivity index (χ1v) is 11.7. The maximum Gasteiger partial charge on any atom is 0.137 e. The van der Waals surface area contributed by atoms with Crippen LogP contribution in [0, 0.1) is 0 Å². The number of aliphatic hydroxyl groups excluding tert-OH is 2. The summed E-state index contributed by atoms with van der Waals surface area (Å²) in [6, 6.07) is 17.4. The Hall–Kier alpha value is -3.55. The molecule has 0 spiro atoms. The number of hydrogen-bond donors (Lipinski definition) is 2. The molecule has 7 nitrogen and oxygen atoms in total. The monoisotopic (exact) mass is 455 g/mol. The summed E-state index contributed by atoms with van der Waals surface area (Å²) in [5.41, 5.74) is 4.79. The molecule has 4 aromatic rings. The molecule has 7 heteroatoms. The Kier molecular flexibility index (Phi) is 6.38. The van der Waals surface area contributed by atoms with E-state index in [1.54, 1.807) is 30.1 Å². The molecule has 2 N–H and O–H groups in total. The summed E-state index contributed by atoms with van der Waals surface area (Å²) in [7, 11) is 0. The largest absolute Gasteiger partial charge is 0.394 e. The van der Waals surface area contributed by atoms with Crippen molar-refractivity contribution in [3.8, 4) is 11.1 Å². The molecule has 2 heterocycles. The second-order valence-electron chi connectivity index (χ2n) is 8.93. The third-order valence-corrected chi connectivity index (χ3v) is 6.68. The Morgan fingerprint density at radius 3 is 2.32 bits per heavy atom. The van der Waals surface area contributed by atoms with Crippen LogP contribution in [-0.2, 0) is 0 Å². The number of nitrogens with zero attached hydrogens (tertiary/aromatic N) is 5. The smallest absolute Gasteiger partial charge is 0.137 e. The topological polar surface area (TPSA) is 89.0 Å². The number of hydrogen-bond acceptors (Lipinski definition) is 5. The predicted octanol–water partition coefficient (Wildman–Crippen LogP) is 4.56. The number of imidazole rings is 1. The highest BCUT2D eigenvalue weighted by atomic mass is 16.3. The Morgan fingerprint density at radius 2 is 1.71 bits per heavy atom. The van der Waals surface area contributed by atoms with E-state index >= 15 is 0 Å². The lowest BCUT2D eigenvalue weighted by Gasteiger charge is -2.35. The fraction of sp³-hybridized carbons (Fsp3) is 0.296. The first-order chi connectivity index (χ1) is 16.6. The van der Waals surface area contributed by atoms with Crippen LogP contribution in [0.3, 0.4) is 0 Å². The number of aromatic nitrogens is 5. The first kappa shape index (κ1) is 22.3. The molecule has 174 valence electrons. The maximum atomic E-state index is 9.88. The SMILES string of the molecule is C[C@H](O)c1nccn1[C@@H](/C=C/c1ccc(-c2ccc(C3CC(n4ccnn4)C3)cc2)cc1)CO. The summed E-state index contributed by atoms with van der Waals surface area (Å²) < 4.78 is 3.76. The molecule has 5 rings (SSSR count). The van der Waals surface area contributed by atoms with Crippen LogP contribution in [0.15, 0.2) is 79.4 Å². The van der Waals surface area contributed by atoms with Crippen molar-refractivity contribution in [2.24, 2.45) is 0 Å². The van der Waals surface area contributed by atoms with Crippen molar-refractivity contribution in [1.29, 1.82) is 0 Å². The van der Waals surface area contributed by atoms with Gasteiger partial charge < -0.3 is 14.8 Å². The minimum absolute atomic E-state index is 0.0718. The predicted molar refractivity (Wildman–Crippen MR) is 131 cm³/mol. The van der Waals surface area contributed by atoms with E-state index in [1.165, 1.54) is 16.7 Å². The molecule has 0 amide bonds. The highest BCUT2D eigenvalue weighted by Gasteiger charge is 2.32. The van der Waals surface area contributed by atoms with Crippen molar-refractivity contribution in [2.45, 2.75) is 43.9 Å². The van der Waals surface area contributed by atoms with Crippen LogP contribution in [0.2, 0.25) is 0 Å². The van der Waals surface area contributed by atoms with Gasteiger partial charge in [-0.2, -0.15) is 0 Å². The van der Waals surface area contributed by atoms with Crippen LogP contribution >= 0.6 is 0 Å². The second kappa shape index (κ2) is 9.75. The molecular weight excluding hydrogens is 426 g/mol. The molecular formula is C27H29N5O2.